The smallest absolute Gasteiger partial charge is 0.338 e. The molecule has 1 aliphatic rings. The van der Waals surface area contributed by atoms with E-state index in [-0.39, 0.29) is 25.0 Å². The minimum Gasteiger partial charge on any atom is -0.478 e. The maximum atomic E-state index is 14.1. The topological polar surface area (TPSA) is 82.9 Å². The molecular formula is C12H15FN2O4. The van der Waals surface area contributed by atoms with Gasteiger partial charge in [0.05, 0.1) is 25.4 Å². The minimum absolute atomic E-state index is 0.0193. The molecule has 1 aromatic rings. The van der Waals surface area contributed by atoms with Crippen molar-refractivity contribution in [3.8, 4) is 0 Å². The Morgan fingerprint density at radius 1 is 1.68 bits per heavy atom. The van der Waals surface area contributed by atoms with E-state index in [0.29, 0.717) is 6.61 Å². The highest BCUT2D eigenvalue weighted by molar-refractivity contribution is 5.88. The molecule has 7 heteroatoms. The summed E-state index contributed by atoms with van der Waals surface area (Å²) >= 11 is 0. The van der Waals surface area contributed by atoms with Crippen LogP contribution in [0.5, 0.6) is 0 Å². The molecule has 0 aromatic carbocycles. The van der Waals surface area contributed by atoms with Gasteiger partial charge >= 0.3 is 5.97 Å². The first-order chi connectivity index (χ1) is 9.04. The fourth-order valence-electron chi connectivity index (χ4n) is 2.02. The van der Waals surface area contributed by atoms with Crippen molar-refractivity contribution < 1.29 is 24.1 Å². The van der Waals surface area contributed by atoms with Crippen molar-refractivity contribution in [3.63, 3.8) is 0 Å². The monoisotopic (exact) mass is 270 g/mol. The number of aromatic carboxylic acids is 1. The molecule has 19 heavy (non-hydrogen) atoms. The van der Waals surface area contributed by atoms with Gasteiger partial charge in [-0.2, -0.15) is 0 Å². The summed E-state index contributed by atoms with van der Waals surface area (Å²) in [6, 6.07) is 0.976. The second-order valence-corrected chi connectivity index (χ2v) is 4.44. The van der Waals surface area contributed by atoms with Crippen LogP contribution in [0.3, 0.4) is 0 Å². The van der Waals surface area contributed by atoms with Crippen LogP contribution in [0.1, 0.15) is 17.3 Å². The zero-order valence-corrected chi connectivity index (χ0v) is 10.4. The van der Waals surface area contributed by atoms with Gasteiger partial charge in [0.15, 0.2) is 11.6 Å². The summed E-state index contributed by atoms with van der Waals surface area (Å²) < 4.78 is 19.5. The van der Waals surface area contributed by atoms with Crippen LogP contribution in [0.25, 0.3) is 0 Å². The molecule has 0 spiro atoms. The number of nitrogens with zero attached hydrogens (tertiary/aromatic N) is 2. The number of hydrogen-bond donors (Lipinski definition) is 2. The molecule has 0 radical (unpaired) electrons. The van der Waals surface area contributed by atoms with Crippen LogP contribution in [0.4, 0.5) is 10.2 Å². The Bertz CT molecular complexity index is 483. The van der Waals surface area contributed by atoms with Gasteiger partial charge in [-0.15, -0.1) is 0 Å². The van der Waals surface area contributed by atoms with Gasteiger partial charge in [-0.25, -0.2) is 14.2 Å². The molecule has 104 valence electrons. The summed E-state index contributed by atoms with van der Waals surface area (Å²) in [5.41, 5.74) is -0.413. The van der Waals surface area contributed by atoms with Crippen molar-refractivity contribution in [3.05, 3.63) is 23.6 Å². The highest BCUT2D eigenvalue weighted by Crippen LogP contribution is 2.24. The molecule has 1 aromatic heterocycles. The highest BCUT2D eigenvalue weighted by atomic mass is 19.1. The SMILES string of the molecule is CC1COC(CO)CN1c1nccc(C(=O)O)c1F. The normalized spacial score (nSPS) is 23.4. The van der Waals surface area contributed by atoms with Gasteiger partial charge in [0.25, 0.3) is 0 Å². The van der Waals surface area contributed by atoms with Crippen molar-refractivity contribution in [2.75, 3.05) is 24.7 Å². The maximum absolute atomic E-state index is 14.1. The molecule has 0 amide bonds. The van der Waals surface area contributed by atoms with Gasteiger partial charge in [0.1, 0.15) is 5.56 Å². The van der Waals surface area contributed by atoms with Crippen molar-refractivity contribution >= 4 is 11.8 Å². The largest absolute Gasteiger partial charge is 0.478 e. The van der Waals surface area contributed by atoms with E-state index in [4.69, 9.17) is 14.9 Å². The van der Waals surface area contributed by atoms with Crippen LogP contribution < -0.4 is 4.90 Å². The predicted octanol–water partition coefficient (Wildman–Crippen LogP) is 0.505. The first kappa shape index (κ1) is 13.7. The van der Waals surface area contributed by atoms with Crippen molar-refractivity contribution in [1.82, 2.24) is 4.98 Å². The lowest BCUT2D eigenvalue weighted by molar-refractivity contribution is -0.0107. The van der Waals surface area contributed by atoms with Crippen LogP contribution in [-0.4, -0.2) is 53.1 Å². The lowest BCUT2D eigenvalue weighted by atomic mass is 10.1. The number of morpholine rings is 1. The van der Waals surface area contributed by atoms with E-state index in [1.165, 1.54) is 6.20 Å². The van der Waals surface area contributed by atoms with E-state index < -0.39 is 23.5 Å². The molecule has 6 nitrogen and oxygen atoms in total. The van der Waals surface area contributed by atoms with Gasteiger partial charge in [0, 0.05) is 12.7 Å². The number of hydrogen-bond acceptors (Lipinski definition) is 5. The molecule has 2 unspecified atom stereocenters. The number of pyridine rings is 1. The van der Waals surface area contributed by atoms with Crippen LogP contribution in [0.15, 0.2) is 12.3 Å². The molecule has 0 aliphatic carbocycles. The number of rotatable bonds is 3. The Hall–Kier alpha value is -1.73. The van der Waals surface area contributed by atoms with Gasteiger partial charge < -0.3 is 19.8 Å². The molecule has 2 rings (SSSR count). The number of carboxylic acid groups (broad SMARTS) is 1. The Morgan fingerprint density at radius 2 is 2.42 bits per heavy atom. The number of ether oxygens (including phenoxy) is 1. The number of halogens is 1. The Balaban J connectivity index is 2.34. The zero-order valence-electron chi connectivity index (χ0n) is 10.4. The van der Waals surface area contributed by atoms with E-state index in [2.05, 4.69) is 4.98 Å². The fraction of sp³-hybridized carbons (Fsp3) is 0.500. The Labute approximate surface area is 109 Å². The summed E-state index contributed by atoms with van der Waals surface area (Å²) in [6.07, 6.45) is 0.837. The maximum Gasteiger partial charge on any atom is 0.338 e. The second kappa shape index (κ2) is 5.50. The van der Waals surface area contributed by atoms with E-state index in [0.717, 1.165) is 6.07 Å². The molecule has 1 fully saturated rings. The molecule has 1 aliphatic heterocycles. The zero-order chi connectivity index (χ0) is 14.0. The molecule has 1 saturated heterocycles. The molecule has 2 N–H and O–H groups in total. The Kier molecular flexibility index (Phi) is 3.96. The third kappa shape index (κ3) is 2.66. The summed E-state index contributed by atoms with van der Waals surface area (Å²) in [5.74, 6) is -2.21. The van der Waals surface area contributed by atoms with E-state index >= 15 is 0 Å². The molecule has 2 heterocycles. The fourth-order valence-corrected chi connectivity index (χ4v) is 2.02. The molecule has 0 saturated carbocycles. The van der Waals surface area contributed by atoms with E-state index in [1.807, 2.05) is 6.92 Å². The van der Waals surface area contributed by atoms with Gasteiger partial charge in [-0.05, 0) is 13.0 Å². The first-order valence-electron chi connectivity index (χ1n) is 5.91. The molecular weight excluding hydrogens is 255 g/mol. The average molecular weight is 270 g/mol. The highest BCUT2D eigenvalue weighted by Gasteiger charge is 2.29. The third-order valence-electron chi connectivity index (χ3n) is 3.08. The van der Waals surface area contributed by atoms with Gasteiger partial charge in [-0.1, -0.05) is 0 Å². The second-order valence-electron chi connectivity index (χ2n) is 4.44. The lowest BCUT2D eigenvalue weighted by Gasteiger charge is -2.38. The lowest BCUT2D eigenvalue weighted by Crippen LogP contribution is -2.50. The number of carboxylic acids is 1. The molecule has 0 bridgehead atoms. The van der Waals surface area contributed by atoms with E-state index in [9.17, 15) is 9.18 Å². The first-order valence-corrected chi connectivity index (χ1v) is 5.91. The molecule has 2 atom stereocenters. The van der Waals surface area contributed by atoms with Crippen LogP contribution >= 0.6 is 0 Å². The summed E-state index contributed by atoms with van der Waals surface area (Å²) in [6.45, 7) is 2.24. The minimum atomic E-state index is -1.33. The van der Waals surface area contributed by atoms with Gasteiger partial charge in [0.2, 0.25) is 0 Å². The van der Waals surface area contributed by atoms with Crippen molar-refractivity contribution in [1.29, 1.82) is 0 Å². The number of aromatic nitrogens is 1. The van der Waals surface area contributed by atoms with Crippen molar-refractivity contribution in [2.24, 2.45) is 0 Å². The summed E-state index contributed by atoms with van der Waals surface area (Å²) in [7, 11) is 0. The van der Waals surface area contributed by atoms with Crippen LogP contribution in [-0.2, 0) is 4.74 Å². The third-order valence-corrected chi connectivity index (χ3v) is 3.08. The average Bonchev–Trinajstić information content (AvgIpc) is 2.39. The number of carbonyl (C=O) groups is 1. The van der Waals surface area contributed by atoms with E-state index in [1.54, 1.807) is 4.90 Å². The number of aliphatic hydroxyl groups is 1. The van der Waals surface area contributed by atoms with Crippen molar-refractivity contribution in [2.45, 2.75) is 19.1 Å². The number of aliphatic hydroxyl groups excluding tert-OH is 1. The van der Waals surface area contributed by atoms with Crippen LogP contribution in [0, 0.1) is 5.82 Å². The summed E-state index contributed by atoms with van der Waals surface area (Å²) in [5, 5.41) is 18.0. The Morgan fingerprint density at radius 3 is 3.05 bits per heavy atom. The standard InChI is InChI=1S/C12H15FN2O4/c1-7-6-19-8(5-16)4-15(7)11-10(13)9(12(17)18)2-3-14-11/h2-3,7-8,16H,4-6H2,1H3,(H,17,18). The summed E-state index contributed by atoms with van der Waals surface area (Å²) in [4.78, 5) is 16.4. The van der Waals surface area contributed by atoms with Crippen LogP contribution in [0.2, 0.25) is 0 Å². The quantitative estimate of drug-likeness (QED) is 0.832. The van der Waals surface area contributed by atoms with Gasteiger partial charge in [-0.3, -0.25) is 0 Å². The number of anilines is 1. The predicted molar refractivity (Wildman–Crippen MR) is 64.8 cm³/mol.